The van der Waals surface area contributed by atoms with E-state index in [0.717, 1.165) is 5.92 Å². The van der Waals surface area contributed by atoms with Gasteiger partial charge in [0.05, 0.1) is 12.5 Å². The van der Waals surface area contributed by atoms with Gasteiger partial charge in [0.1, 0.15) is 5.75 Å². The van der Waals surface area contributed by atoms with E-state index in [0.29, 0.717) is 10.9 Å². The first kappa shape index (κ1) is 9.44. The zero-order valence-electron chi connectivity index (χ0n) is 7.94. The lowest BCUT2D eigenvalue weighted by Gasteiger charge is -2.20. The Morgan fingerprint density at radius 3 is 2.27 bits per heavy atom. The fraction of sp³-hybridized carbons (Fsp3) is 1.00. The van der Waals surface area contributed by atoms with Crippen LogP contribution in [-0.2, 0) is 10.9 Å². The van der Waals surface area contributed by atoms with E-state index >= 15 is 0 Å². The molecule has 66 valence electrons. The smallest absolute Gasteiger partial charge is 0.0533 e. The molecule has 1 saturated carbocycles. The van der Waals surface area contributed by atoms with Crippen LogP contribution in [-0.4, -0.2) is 18.3 Å². The number of hydrogen-bond donors (Lipinski definition) is 0. The Hall–Kier alpha value is 0.350. The Morgan fingerprint density at radius 2 is 1.73 bits per heavy atom. The predicted molar refractivity (Wildman–Crippen MR) is 55.3 cm³/mol. The van der Waals surface area contributed by atoms with Gasteiger partial charge in [0.15, 0.2) is 0 Å². The SMILES string of the molecule is C[S+](C)CCC1CCCCC1. The summed E-state index contributed by atoms with van der Waals surface area (Å²) in [5.41, 5.74) is 0. The zero-order chi connectivity index (χ0) is 8.10. The third-order valence-electron chi connectivity index (χ3n) is 2.66. The van der Waals surface area contributed by atoms with Crippen molar-refractivity contribution in [3.05, 3.63) is 0 Å². The summed E-state index contributed by atoms with van der Waals surface area (Å²) in [6.07, 6.45) is 13.8. The summed E-state index contributed by atoms with van der Waals surface area (Å²) >= 11 is 0. The van der Waals surface area contributed by atoms with Crippen LogP contribution in [0.1, 0.15) is 38.5 Å². The van der Waals surface area contributed by atoms with Gasteiger partial charge in [0.25, 0.3) is 0 Å². The molecule has 1 heteroatoms. The molecule has 0 aromatic rings. The van der Waals surface area contributed by atoms with E-state index in [1.54, 1.807) is 0 Å². The van der Waals surface area contributed by atoms with E-state index in [2.05, 4.69) is 12.5 Å². The minimum absolute atomic E-state index is 0.683. The van der Waals surface area contributed by atoms with Gasteiger partial charge >= 0.3 is 0 Å². The number of rotatable bonds is 3. The van der Waals surface area contributed by atoms with Gasteiger partial charge in [0, 0.05) is 0 Å². The average molecular weight is 173 g/mol. The maximum Gasteiger partial charge on any atom is 0.107 e. The molecule has 0 aromatic carbocycles. The first-order chi connectivity index (χ1) is 5.29. The summed E-state index contributed by atoms with van der Waals surface area (Å²) in [7, 11) is 0.683. The highest BCUT2D eigenvalue weighted by molar-refractivity contribution is 7.95. The summed E-state index contributed by atoms with van der Waals surface area (Å²) < 4.78 is 0. The van der Waals surface area contributed by atoms with Crippen molar-refractivity contribution in [2.45, 2.75) is 38.5 Å². The summed E-state index contributed by atoms with van der Waals surface area (Å²) in [4.78, 5) is 0. The van der Waals surface area contributed by atoms with Crippen LogP contribution in [0.25, 0.3) is 0 Å². The topological polar surface area (TPSA) is 0 Å². The highest BCUT2D eigenvalue weighted by Crippen LogP contribution is 2.26. The van der Waals surface area contributed by atoms with Crippen molar-refractivity contribution in [1.82, 2.24) is 0 Å². The van der Waals surface area contributed by atoms with Gasteiger partial charge in [-0.1, -0.05) is 32.1 Å². The molecule has 1 rings (SSSR count). The van der Waals surface area contributed by atoms with Crippen LogP contribution in [0.5, 0.6) is 0 Å². The highest BCUT2D eigenvalue weighted by atomic mass is 32.2. The van der Waals surface area contributed by atoms with E-state index in [4.69, 9.17) is 0 Å². The van der Waals surface area contributed by atoms with E-state index in [1.807, 2.05) is 0 Å². The molecule has 0 bridgehead atoms. The Kier molecular flexibility index (Phi) is 4.36. The van der Waals surface area contributed by atoms with Crippen molar-refractivity contribution < 1.29 is 0 Å². The van der Waals surface area contributed by atoms with Crippen LogP contribution in [0.4, 0.5) is 0 Å². The van der Waals surface area contributed by atoms with Gasteiger partial charge in [-0.25, -0.2) is 0 Å². The Bertz CT molecular complexity index is 93.0. The molecule has 1 fully saturated rings. The van der Waals surface area contributed by atoms with Gasteiger partial charge < -0.3 is 0 Å². The lowest BCUT2D eigenvalue weighted by Crippen LogP contribution is -2.11. The van der Waals surface area contributed by atoms with E-state index in [-0.39, 0.29) is 0 Å². The quantitative estimate of drug-likeness (QED) is 0.576. The Balaban J connectivity index is 2.05. The second kappa shape index (κ2) is 5.08. The van der Waals surface area contributed by atoms with Gasteiger partial charge in [-0.15, -0.1) is 0 Å². The molecule has 0 nitrogen and oxygen atoms in total. The maximum absolute atomic E-state index is 2.36. The second-order valence-electron chi connectivity index (χ2n) is 3.98. The van der Waals surface area contributed by atoms with Crippen molar-refractivity contribution in [1.29, 1.82) is 0 Å². The monoisotopic (exact) mass is 173 g/mol. The molecule has 0 aromatic heterocycles. The third kappa shape index (κ3) is 4.05. The van der Waals surface area contributed by atoms with Crippen LogP contribution in [0.3, 0.4) is 0 Å². The molecule has 11 heavy (non-hydrogen) atoms. The van der Waals surface area contributed by atoms with Crippen LogP contribution in [0, 0.1) is 5.92 Å². The van der Waals surface area contributed by atoms with E-state index in [1.165, 1.54) is 44.3 Å². The molecule has 1 aliphatic carbocycles. The van der Waals surface area contributed by atoms with Crippen LogP contribution in [0.2, 0.25) is 0 Å². The standard InChI is InChI=1S/C10H21S/c1-11(2)9-8-10-6-4-3-5-7-10/h10H,3-9H2,1-2H3/q+1. The number of hydrogen-bond acceptors (Lipinski definition) is 0. The fourth-order valence-corrected chi connectivity index (χ4v) is 2.68. The summed E-state index contributed by atoms with van der Waals surface area (Å²) in [5.74, 6) is 2.57. The summed E-state index contributed by atoms with van der Waals surface area (Å²) in [6, 6.07) is 0. The molecule has 0 atom stereocenters. The normalized spacial score (nSPS) is 21.0. The molecule has 1 aliphatic rings. The van der Waals surface area contributed by atoms with Gasteiger partial charge in [-0.05, 0) is 23.2 Å². The molecular weight excluding hydrogens is 152 g/mol. The Labute approximate surface area is 74.1 Å². The zero-order valence-corrected chi connectivity index (χ0v) is 8.75. The van der Waals surface area contributed by atoms with Crippen LogP contribution in [0.15, 0.2) is 0 Å². The minimum atomic E-state index is 0.683. The van der Waals surface area contributed by atoms with Crippen molar-refractivity contribution in [2.24, 2.45) is 5.92 Å². The molecule has 0 amide bonds. The van der Waals surface area contributed by atoms with Crippen LogP contribution >= 0.6 is 0 Å². The fourth-order valence-electron chi connectivity index (χ4n) is 1.88. The molecule has 0 radical (unpaired) electrons. The largest absolute Gasteiger partial charge is 0.107 e. The summed E-state index contributed by atoms with van der Waals surface area (Å²) in [5, 5.41) is 0. The van der Waals surface area contributed by atoms with E-state index in [9.17, 15) is 0 Å². The minimum Gasteiger partial charge on any atom is -0.0533 e. The first-order valence-electron chi connectivity index (χ1n) is 4.83. The lowest BCUT2D eigenvalue weighted by atomic mass is 9.88. The van der Waals surface area contributed by atoms with Gasteiger partial charge in [-0.2, -0.15) is 0 Å². The predicted octanol–water partition coefficient (Wildman–Crippen LogP) is 2.83. The lowest BCUT2D eigenvalue weighted by molar-refractivity contribution is 0.351. The van der Waals surface area contributed by atoms with Gasteiger partial charge in [-0.3, -0.25) is 0 Å². The van der Waals surface area contributed by atoms with Crippen molar-refractivity contribution in [3.8, 4) is 0 Å². The molecule has 0 spiro atoms. The molecule has 0 aliphatic heterocycles. The molecule has 0 N–H and O–H groups in total. The molecule has 0 heterocycles. The Morgan fingerprint density at radius 1 is 1.09 bits per heavy atom. The maximum atomic E-state index is 2.36. The van der Waals surface area contributed by atoms with E-state index < -0.39 is 0 Å². The summed E-state index contributed by atoms with van der Waals surface area (Å²) in [6.45, 7) is 0. The third-order valence-corrected chi connectivity index (χ3v) is 3.71. The molecular formula is C10H21S+. The molecule has 0 saturated heterocycles. The highest BCUT2D eigenvalue weighted by Gasteiger charge is 2.15. The van der Waals surface area contributed by atoms with Crippen molar-refractivity contribution >= 4 is 10.9 Å². The van der Waals surface area contributed by atoms with Gasteiger partial charge in [0.2, 0.25) is 0 Å². The molecule has 0 unspecified atom stereocenters. The van der Waals surface area contributed by atoms with Crippen molar-refractivity contribution in [3.63, 3.8) is 0 Å². The average Bonchev–Trinajstić information content (AvgIpc) is 2.03. The van der Waals surface area contributed by atoms with Crippen LogP contribution < -0.4 is 0 Å². The second-order valence-corrected chi connectivity index (χ2v) is 6.36. The van der Waals surface area contributed by atoms with Crippen molar-refractivity contribution in [2.75, 3.05) is 18.3 Å². The first-order valence-corrected chi connectivity index (χ1v) is 7.04.